The Bertz CT molecular complexity index is 417. The lowest BCUT2D eigenvalue weighted by Gasteiger charge is -2.01. The highest BCUT2D eigenvalue weighted by molar-refractivity contribution is 7.99. The van der Waals surface area contributed by atoms with Gasteiger partial charge in [0.2, 0.25) is 5.16 Å². The molecule has 0 aliphatic heterocycles. The van der Waals surface area contributed by atoms with Gasteiger partial charge in [-0.05, 0) is 21.9 Å². The van der Waals surface area contributed by atoms with E-state index in [0.717, 1.165) is 24.0 Å². The van der Waals surface area contributed by atoms with Crippen molar-refractivity contribution in [2.24, 2.45) is 7.05 Å². The minimum Gasteiger partial charge on any atom is -0.311 e. The van der Waals surface area contributed by atoms with Gasteiger partial charge in [0.25, 0.3) is 0 Å². The maximum Gasteiger partial charge on any atom is 0.209 e. The van der Waals surface area contributed by atoms with E-state index in [9.17, 15) is 0 Å². The number of halogens is 1. The first-order valence-electron chi connectivity index (χ1n) is 4.94. The van der Waals surface area contributed by atoms with Crippen molar-refractivity contribution in [1.29, 1.82) is 0 Å². The van der Waals surface area contributed by atoms with Crippen LogP contribution in [0.2, 0.25) is 0 Å². The van der Waals surface area contributed by atoms with Crippen molar-refractivity contribution in [2.75, 3.05) is 12.3 Å². The number of rotatable bonds is 6. The third kappa shape index (κ3) is 4.63. The van der Waals surface area contributed by atoms with Crippen molar-refractivity contribution in [3.05, 3.63) is 22.4 Å². The second-order valence-electron chi connectivity index (χ2n) is 3.19. The van der Waals surface area contributed by atoms with E-state index in [-0.39, 0.29) is 12.4 Å². The molecule has 0 aliphatic rings. The fourth-order valence-corrected chi connectivity index (χ4v) is 2.60. The van der Waals surface area contributed by atoms with Gasteiger partial charge >= 0.3 is 0 Å². The van der Waals surface area contributed by atoms with Gasteiger partial charge in [-0.1, -0.05) is 17.8 Å². The van der Waals surface area contributed by atoms with Gasteiger partial charge in [-0.25, -0.2) is 4.68 Å². The Morgan fingerprint density at radius 2 is 2.41 bits per heavy atom. The summed E-state index contributed by atoms with van der Waals surface area (Å²) in [6.07, 6.45) is 0. The van der Waals surface area contributed by atoms with Gasteiger partial charge in [0, 0.05) is 30.8 Å². The summed E-state index contributed by atoms with van der Waals surface area (Å²) in [5.74, 6) is 0.972. The van der Waals surface area contributed by atoms with Crippen molar-refractivity contribution < 1.29 is 0 Å². The second-order valence-corrected chi connectivity index (χ2v) is 5.28. The molecule has 8 heteroatoms. The third-order valence-corrected chi connectivity index (χ3v) is 3.86. The summed E-state index contributed by atoms with van der Waals surface area (Å²) in [6, 6.07) is 4.21. The van der Waals surface area contributed by atoms with Crippen LogP contribution in [-0.4, -0.2) is 32.5 Å². The molecule has 0 aromatic carbocycles. The Balaban J connectivity index is 0.00000144. The molecule has 2 heterocycles. The van der Waals surface area contributed by atoms with Gasteiger partial charge in [-0.2, -0.15) is 0 Å². The lowest BCUT2D eigenvalue weighted by atomic mass is 10.4. The number of hydrogen-bond acceptors (Lipinski definition) is 6. The van der Waals surface area contributed by atoms with Crippen molar-refractivity contribution in [3.63, 3.8) is 0 Å². The standard InChI is InChI=1S/C9H13N5S2.ClH/c1-14-9(11-12-13-14)16-6-4-10-7-8-3-2-5-15-8;/h2-3,5,10H,4,6-7H2,1H3;1H. The second kappa shape index (κ2) is 7.65. The van der Waals surface area contributed by atoms with E-state index in [1.165, 1.54) is 4.88 Å². The molecule has 0 aliphatic carbocycles. The zero-order chi connectivity index (χ0) is 11.2. The van der Waals surface area contributed by atoms with E-state index in [0.29, 0.717) is 0 Å². The Morgan fingerprint density at radius 1 is 1.53 bits per heavy atom. The van der Waals surface area contributed by atoms with E-state index >= 15 is 0 Å². The molecular weight excluding hydrogens is 278 g/mol. The molecule has 0 saturated heterocycles. The van der Waals surface area contributed by atoms with E-state index in [2.05, 4.69) is 38.4 Å². The molecule has 2 aromatic rings. The lowest BCUT2D eigenvalue weighted by molar-refractivity contribution is 0.663. The summed E-state index contributed by atoms with van der Waals surface area (Å²) < 4.78 is 1.68. The smallest absolute Gasteiger partial charge is 0.209 e. The molecule has 0 fully saturated rings. The van der Waals surface area contributed by atoms with Crippen molar-refractivity contribution in [2.45, 2.75) is 11.7 Å². The monoisotopic (exact) mass is 291 g/mol. The Kier molecular flexibility index (Phi) is 6.49. The average molecular weight is 292 g/mol. The van der Waals surface area contributed by atoms with Crippen LogP contribution in [0.4, 0.5) is 0 Å². The van der Waals surface area contributed by atoms with Crippen molar-refractivity contribution >= 4 is 35.5 Å². The maximum absolute atomic E-state index is 3.90. The fraction of sp³-hybridized carbons (Fsp3) is 0.444. The lowest BCUT2D eigenvalue weighted by Crippen LogP contribution is -2.16. The normalized spacial score (nSPS) is 10.2. The Labute approximate surface area is 114 Å². The largest absolute Gasteiger partial charge is 0.311 e. The molecule has 0 radical (unpaired) electrons. The van der Waals surface area contributed by atoms with Gasteiger partial charge in [0.05, 0.1) is 0 Å². The van der Waals surface area contributed by atoms with Gasteiger partial charge in [0.1, 0.15) is 0 Å². The number of nitrogens with zero attached hydrogens (tertiary/aromatic N) is 4. The molecule has 0 unspecified atom stereocenters. The summed E-state index contributed by atoms with van der Waals surface area (Å²) in [5, 5.41) is 17.6. The van der Waals surface area contributed by atoms with Gasteiger partial charge in [-0.15, -0.1) is 28.8 Å². The molecule has 0 bridgehead atoms. The minimum atomic E-state index is 0. The molecule has 0 atom stereocenters. The molecule has 1 N–H and O–H groups in total. The first-order valence-corrected chi connectivity index (χ1v) is 6.81. The molecule has 0 amide bonds. The quantitative estimate of drug-likeness (QED) is 0.647. The summed E-state index contributed by atoms with van der Waals surface area (Å²) in [6.45, 7) is 1.89. The van der Waals surface area contributed by atoms with Crippen LogP contribution in [0.15, 0.2) is 22.7 Å². The highest BCUT2D eigenvalue weighted by Crippen LogP contribution is 2.11. The molecule has 94 valence electrons. The highest BCUT2D eigenvalue weighted by Gasteiger charge is 2.01. The first kappa shape index (κ1) is 14.4. The molecular formula is C9H14ClN5S2. The van der Waals surface area contributed by atoms with Crippen LogP contribution in [-0.2, 0) is 13.6 Å². The van der Waals surface area contributed by atoms with Crippen molar-refractivity contribution in [3.8, 4) is 0 Å². The molecule has 2 aromatic heterocycles. The summed E-state index contributed by atoms with van der Waals surface area (Å²) >= 11 is 3.43. The van der Waals surface area contributed by atoms with Crippen LogP contribution < -0.4 is 5.32 Å². The molecule has 0 saturated carbocycles. The topological polar surface area (TPSA) is 55.6 Å². The zero-order valence-corrected chi connectivity index (χ0v) is 11.8. The SMILES string of the molecule is Cl.Cn1nnnc1SCCNCc1cccs1. The minimum absolute atomic E-state index is 0. The predicted molar refractivity (Wildman–Crippen MR) is 72.8 cm³/mol. The maximum atomic E-state index is 3.90. The van der Waals surface area contributed by atoms with Gasteiger partial charge < -0.3 is 5.32 Å². The summed E-state index contributed by atoms with van der Waals surface area (Å²) in [4.78, 5) is 1.37. The van der Waals surface area contributed by atoms with Crippen LogP contribution in [0.5, 0.6) is 0 Å². The van der Waals surface area contributed by atoms with Gasteiger partial charge in [-0.3, -0.25) is 0 Å². The number of thioether (sulfide) groups is 1. The average Bonchev–Trinajstić information content (AvgIpc) is 2.90. The van der Waals surface area contributed by atoms with Crippen molar-refractivity contribution in [1.82, 2.24) is 25.5 Å². The Hall–Kier alpha value is -0.630. The van der Waals surface area contributed by atoms with Crippen LogP contribution in [0.25, 0.3) is 0 Å². The molecule has 17 heavy (non-hydrogen) atoms. The van der Waals surface area contributed by atoms with E-state index in [4.69, 9.17) is 0 Å². The predicted octanol–water partition coefficient (Wildman–Crippen LogP) is 1.58. The summed E-state index contributed by atoms with van der Waals surface area (Å²) in [5.41, 5.74) is 0. The Morgan fingerprint density at radius 3 is 3.06 bits per heavy atom. The number of aromatic nitrogens is 4. The molecule has 2 rings (SSSR count). The molecule has 5 nitrogen and oxygen atoms in total. The molecule has 0 spiro atoms. The van der Waals surface area contributed by atoms with Crippen LogP contribution in [0.3, 0.4) is 0 Å². The third-order valence-electron chi connectivity index (χ3n) is 1.97. The summed E-state index contributed by atoms with van der Waals surface area (Å²) in [7, 11) is 1.85. The first-order chi connectivity index (χ1) is 7.86. The number of tetrazole rings is 1. The van der Waals surface area contributed by atoms with E-state index < -0.39 is 0 Å². The van der Waals surface area contributed by atoms with Crippen LogP contribution in [0.1, 0.15) is 4.88 Å². The number of nitrogens with one attached hydrogen (secondary N) is 1. The number of thiophene rings is 1. The zero-order valence-electron chi connectivity index (χ0n) is 9.37. The number of hydrogen-bond donors (Lipinski definition) is 1. The van der Waals surface area contributed by atoms with E-state index in [1.807, 2.05) is 7.05 Å². The highest BCUT2D eigenvalue weighted by atomic mass is 35.5. The van der Waals surface area contributed by atoms with Crippen LogP contribution >= 0.6 is 35.5 Å². The number of aryl methyl sites for hydroxylation is 1. The van der Waals surface area contributed by atoms with Gasteiger partial charge in [0.15, 0.2) is 0 Å². The van der Waals surface area contributed by atoms with E-state index in [1.54, 1.807) is 27.8 Å². The van der Waals surface area contributed by atoms with Crippen LogP contribution in [0, 0.1) is 0 Å². The fourth-order valence-electron chi connectivity index (χ4n) is 1.18.